The van der Waals surface area contributed by atoms with E-state index < -0.39 is 0 Å². The van der Waals surface area contributed by atoms with Gasteiger partial charge in [-0.3, -0.25) is 9.69 Å². The lowest BCUT2D eigenvalue weighted by Crippen LogP contribution is -2.46. The first-order valence-corrected chi connectivity index (χ1v) is 7.35. The minimum atomic E-state index is -0.129. The van der Waals surface area contributed by atoms with Gasteiger partial charge in [-0.25, -0.2) is 0 Å². The second-order valence-electron chi connectivity index (χ2n) is 5.29. The zero-order valence-corrected chi connectivity index (χ0v) is 12.9. The molecule has 0 saturated carbocycles. The quantitative estimate of drug-likeness (QED) is 0.741. The fourth-order valence-corrected chi connectivity index (χ4v) is 2.51. The Bertz CT molecular complexity index is 439. The third-order valence-electron chi connectivity index (χ3n) is 3.89. The van der Waals surface area contributed by atoms with Crippen molar-refractivity contribution in [1.29, 1.82) is 0 Å². The summed E-state index contributed by atoms with van der Waals surface area (Å²) in [6.45, 7) is 5.85. The van der Waals surface area contributed by atoms with E-state index >= 15 is 0 Å². The van der Waals surface area contributed by atoms with E-state index in [-0.39, 0.29) is 5.97 Å². The monoisotopic (exact) mass is 292 g/mol. The first kappa shape index (κ1) is 15.8. The maximum absolute atomic E-state index is 11.1. The van der Waals surface area contributed by atoms with E-state index in [1.165, 1.54) is 12.7 Å². The Hall–Kier alpha value is -1.59. The van der Waals surface area contributed by atoms with Crippen molar-refractivity contribution in [2.24, 2.45) is 0 Å². The molecular formula is C16H24N2O3. The molecule has 1 aromatic carbocycles. The molecular weight excluding hydrogens is 268 g/mol. The van der Waals surface area contributed by atoms with Crippen molar-refractivity contribution in [3.8, 4) is 5.75 Å². The van der Waals surface area contributed by atoms with Crippen molar-refractivity contribution >= 4 is 5.97 Å². The molecule has 1 aromatic rings. The summed E-state index contributed by atoms with van der Waals surface area (Å²) in [4.78, 5) is 15.9. The second kappa shape index (κ2) is 8.00. The zero-order chi connectivity index (χ0) is 15.1. The lowest BCUT2D eigenvalue weighted by Gasteiger charge is -2.34. The highest BCUT2D eigenvalue weighted by atomic mass is 16.5. The number of carbonyl (C=O) groups is 1. The Morgan fingerprint density at radius 3 is 2.24 bits per heavy atom. The van der Waals surface area contributed by atoms with Gasteiger partial charge in [-0.05, 0) is 17.7 Å². The minimum Gasteiger partial charge on any atom is -0.497 e. The smallest absolute Gasteiger partial charge is 0.306 e. The lowest BCUT2D eigenvalue weighted by molar-refractivity contribution is -0.141. The van der Waals surface area contributed by atoms with Crippen LogP contribution in [0.1, 0.15) is 12.0 Å². The molecule has 0 aromatic heterocycles. The van der Waals surface area contributed by atoms with E-state index in [9.17, 15) is 4.79 Å². The molecule has 0 amide bonds. The highest BCUT2D eigenvalue weighted by molar-refractivity contribution is 5.69. The van der Waals surface area contributed by atoms with Crippen molar-refractivity contribution in [2.75, 3.05) is 46.9 Å². The molecule has 2 rings (SSSR count). The van der Waals surface area contributed by atoms with E-state index in [1.54, 1.807) is 7.11 Å². The molecule has 0 atom stereocenters. The fourth-order valence-electron chi connectivity index (χ4n) is 2.51. The number of carbonyl (C=O) groups excluding carboxylic acids is 1. The van der Waals surface area contributed by atoms with Crippen LogP contribution in [0.2, 0.25) is 0 Å². The van der Waals surface area contributed by atoms with Crippen LogP contribution in [0.25, 0.3) is 0 Å². The average molecular weight is 292 g/mol. The fraction of sp³-hybridized carbons (Fsp3) is 0.562. The summed E-state index contributed by atoms with van der Waals surface area (Å²) in [5.74, 6) is 0.766. The molecule has 5 heteroatoms. The zero-order valence-electron chi connectivity index (χ0n) is 12.9. The third-order valence-corrected chi connectivity index (χ3v) is 3.89. The summed E-state index contributed by atoms with van der Waals surface area (Å²) >= 11 is 0. The van der Waals surface area contributed by atoms with Gasteiger partial charge in [0.1, 0.15) is 5.75 Å². The summed E-state index contributed by atoms with van der Waals surface area (Å²) in [7, 11) is 3.12. The standard InChI is InChI=1S/C16H24N2O3/c1-20-15-5-3-14(4-6-15)13-18-11-9-17(10-12-18)8-7-16(19)21-2/h3-6H,7-13H2,1-2H3. The van der Waals surface area contributed by atoms with Crippen LogP contribution in [0.3, 0.4) is 0 Å². The molecule has 0 spiro atoms. The summed E-state index contributed by atoms with van der Waals surface area (Å²) in [6.07, 6.45) is 0.481. The molecule has 21 heavy (non-hydrogen) atoms. The number of esters is 1. The Kier molecular flexibility index (Phi) is 6.02. The number of rotatable bonds is 6. The van der Waals surface area contributed by atoms with Crippen molar-refractivity contribution < 1.29 is 14.3 Å². The SMILES string of the molecule is COC(=O)CCN1CCN(Cc2ccc(OC)cc2)CC1. The normalized spacial score (nSPS) is 16.7. The van der Waals surface area contributed by atoms with Crippen molar-refractivity contribution in [2.45, 2.75) is 13.0 Å². The molecule has 0 radical (unpaired) electrons. The van der Waals surface area contributed by atoms with Crippen molar-refractivity contribution in [3.05, 3.63) is 29.8 Å². The van der Waals surface area contributed by atoms with Gasteiger partial charge in [0.2, 0.25) is 0 Å². The highest BCUT2D eigenvalue weighted by Crippen LogP contribution is 2.14. The number of ether oxygens (including phenoxy) is 2. The van der Waals surface area contributed by atoms with Crippen LogP contribution in [0.4, 0.5) is 0 Å². The largest absolute Gasteiger partial charge is 0.497 e. The van der Waals surface area contributed by atoms with Gasteiger partial charge in [-0.2, -0.15) is 0 Å². The van der Waals surface area contributed by atoms with Gasteiger partial charge >= 0.3 is 5.97 Å². The number of hydrogen-bond acceptors (Lipinski definition) is 5. The highest BCUT2D eigenvalue weighted by Gasteiger charge is 2.17. The van der Waals surface area contributed by atoms with Crippen molar-refractivity contribution in [3.63, 3.8) is 0 Å². The Morgan fingerprint density at radius 2 is 1.67 bits per heavy atom. The first-order chi connectivity index (χ1) is 10.2. The third kappa shape index (κ3) is 5.02. The van der Waals surface area contributed by atoms with Gasteiger partial charge in [-0.15, -0.1) is 0 Å². The molecule has 0 aliphatic carbocycles. The molecule has 0 unspecified atom stereocenters. The van der Waals surface area contributed by atoms with Crippen LogP contribution < -0.4 is 4.74 Å². The van der Waals surface area contributed by atoms with E-state index in [0.29, 0.717) is 6.42 Å². The second-order valence-corrected chi connectivity index (χ2v) is 5.29. The van der Waals surface area contributed by atoms with Gasteiger partial charge in [0.25, 0.3) is 0 Å². The van der Waals surface area contributed by atoms with Crippen LogP contribution >= 0.6 is 0 Å². The van der Waals surface area contributed by atoms with Crippen LogP contribution in [-0.4, -0.2) is 62.7 Å². The summed E-state index contributed by atoms with van der Waals surface area (Å²) in [5, 5.41) is 0. The van der Waals surface area contributed by atoms with Crippen molar-refractivity contribution in [1.82, 2.24) is 9.80 Å². The topological polar surface area (TPSA) is 42.0 Å². The number of benzene rings is 1. The van der Waals surface area contributed by atoms with E-state index in [0.717, 1.165) is 45.0 Å². The van der Waals surface area contributed by atoms with Crippen LogP contribution in [0.15, 0.2) is 24.3 Å². The first-order valence-electron chi connectivity index (χ1n) is 7.35. The maximum atomic E-state index is 11.1. The summed E-state index contributed by atoms with van der Waals surface area (Å²) < 4.78 is 9.84. The summed E-state index contributed by atoms with van der Waals surface area (Å²) in [6, 6.07) is 8.23. The average Bonchev–Trinajstić information content (AvgIpc) is 2.54. The number of piperazine rings is 1. The van der Waals surface area contributed by atoms with E-state index in [4.69, 9.17) is 4.74 Å². The minimum absolute atomic E-state index is 0.129. The Labute approximate surface area is 126 Å². The number of nitrogens with zero attached hydrogens (tertiary/aromatic N) is 2. The molecule has 1 aliphatic rings. The molecule has 1 aliphatic heterocycles. The van der Waals surface area contributed by atoms with Gasteiger partial charge < -0.3 is 14.4 Å². The van der Waals surface area contributed by atoms with Gasteiger partial charge in [0.05, 0.1) is 20.6 Å². The maximum Gasteiger partial charge on any atom is 0.306 e. The number of hydrogen-bond donors (Lipinski definition) is 0. The van der Waals surface area contributed by atoms with Gasteiger partial charge in [-0.1, -0.05) is 12.1 Å². The molecule has 0 N–H and O–H groups in total. The van der Waals surface area contributed by atoms with E-state index in [1.807, 2.05) is 12.1 Å². The van der Waals surface area contributed by atoms with Gasteiger partial charge in [0.15, 0.2) is 0 Å². The molecule has 1 heterocycles. The van der Waals surface area contributed by atoms with Crippen LogP contribution in [0.5, 0.6) is 5.75 Å². The van der Waals surface area contributed by atoms with Crippen LogP contribution in [0, 0.1) is 0 Å². The predicted octanol–water partition coefficient (Wildman–Crippen LogP) is 1.38. The van der Waals surface area contributed by atoms with Crippen LogP contribution in [-0.2, 0) is 16.1 Å². The molecule has 1 fully saturated rings. The Morgan fingerprint density at radius 1 is 1.05 bits per heavy atom. The Balaban J connectivity index is 1.72. The van der Waals surface area contributed by atoms with E-state index in [2.05, 4.69) is 26.7 Å². The molecule has 5 nitrogen and oxygen atoms in total. The summed E-state index contributed by atoms with van der Waals surface area (Å²) in [5.41, 5.74) is 1.30. The molecule has 116 valence electrons. The lowest BCUT2D eigenvalue weighted by atomic mass is 10.2. The number of methoxy groups -OCH3 is 2. The van der Waals surface area contributed by atoms with Gasteiger partial charge in [0, 0.05) is 39.3 Å². The molecule has 1 saturated heterocycles. The molecule has 0 bridgehead atoms. The predicted molar refractivity (Wildman–Crippen MR) is 81.3 cm³/mol.